The van der Waals surface area contributed by atoms with E-state index in [9.17, 15) is 31.9 Å². The van der Waals surface area contributed by atoms with Gasteiger partial charge in [0.2, 0.25) is 5.91 Å². The van der Waals surface area contributed by atoms with Crippen LogP contribution in [0.1, 0.15) is 29.0 Å². The first-order chi connectivity index (χ1) is 23.9. The molecule has 0 aromatic heterocycles. The number of nitrogens with one attached hydrogen (secondary N) is 4. The molecule has 1 aliphatic rings. The molecule has 11 nitrogen and oxygen atoms in total. The fraction of sp³-hybridized carbons (Fsp3) is 0.382. The fourth-order valence-corrected chi connectivity index (χ4v) is 5.35. The van der Waals surface area contributed by atoms with Gasteiger partial charge in [-0.1, -0.05) is 30.3 Å². The quantitative estimate of drug-likeness (QED) is 0.181. The lowest BCUT2D eigenvalue weighted by Gasteiger charge is -2.30. The lowest BCUT2D eigenvalue weighted by molar-refractivity contribution is -0.124. The van der Waals surface area contributed by atoms with Crippen molar-refractivity contribution in [3.63, 3.8) is 0 Å². The average Bonchev–Trinajstić information content (AvgIpc) is 3.10. The minimum absolute atomic E-state index is 0.0785. The Morgan fingerprint density at radius 2 is 1.64 bits per heavy atom. The Bertz CT molecular complexity index is 1580. The van der Waals surface area contributed by atoms with Crippen molar-refractivity contribution in [2.75, 3.05) is 45.8 Å². The molecule has 1 aliphatic heterocycles. The Balaban J connectivity index is 1.46. The summed E-state index contributed by atoms with van der Waals surface area (Å²) in [5.74, 6) is -2.09. The van der Waals surface area contributed by atoms with Crippen molar-refractivity contribution in [1.29, 1.82) is 0 Å². The van der Waals surface area contributed by atoms with E-state index in [1.165, 1.54) is 49.6 Å². The Hall–Kier alpha value is -4.96. The van der Waals surface area contributed by atoms with E-state index in [1.54, 1.807) is 29.6 Å². The fourth-order valence-electron chi connectivity index (χ4n) is 5.35. The number of alkyl halides is 3. The van der Waals surface area contributed by atoms with Crippen molar-refractivity contribution >= 4 is 23.8 Å². The molecule has 0 saturated carbocycles. The molecule has 3 amide bonds. The molecule has 270 valence electrons. The van der Waals surface area contributed by atoms with Gasteiger partial charge in [-0.3, -0.25) is 4.79 Å². The number of rotatable bonds is 13. The van der Waals surface area contributed by atoms with Gasteiger partial charge in [0.05, 0.1) is 33.0 Å². The van der Waals surface area contributed by atoms with Crippen molar-refractivity contribution in [3.8, 4) is 5.75 Å². The van der Waals surface area contributed by atoms with Gasteiger partial charge in [-0.2, -0.15) is 13.2 Å². The molecule has 1 saturated heterocycles. The molecule has 0 unspecified atom stereocenters. The van der Waals surface area contributed by atoms with Crippen LogP contribution in [0.4, 0.5) is 37.2 Å². The zero-order chi connectivity index (χ0) is 36.3. The molecule has 4 N–H and O–H groups in total. The SMILES string of the molecule is COC(=O)N[C@H](C(=O)Nc1cccc(F)c1CC[C@@H]1CN[C@H](COC(=O)NCC(F)(F)F)CO1)[C@H](c1ccc(F)cc1)c1ccc(OC)cc1. The van der Waals surface area contributed by atoms with Crippen LogP contribution in [0, 0.1) is 11.6 Å². The minimum atomic E-state index is -4.56. The minimum Gasteiger partial charge on any atom is -0.497 e. The van der Waals surface area contributed by atoms with Crippen LogP contribution in [0.5, 0.6) is 5.75 Å². The maximum absolute atomic E-state index is 15.2. The Morgan fingerprint density at radius 1 is 0.960 bits per heavy atom. The molecule has 0 radical (unpaired) electrons. The molecule has 3 aromatic carbocycles. The molecule has 0 bridgehead atoms. The van der Waals surface area contributed by atoms with Crippen molar-refractivity contribution in [2.24, 2.45) is 0 Å². The summed E-state index contributed by atoms with van der Waals surface area (Å²) < 4.78 is 86.6. The van der Waals surface area contributed by atoms with Gasteiger partial charge in [0, 0.05) is 23.7 Å². The number of halogens is 5. The summed E-state index contributed by atoms with van der Waals surface area (Å²) in [7, 11) is 2.64. The van der Waals surface area contributed by atoms with Gasteiger partial charge < -0.3 is 40.2 Å². The van der Waals surface area contributed by atoms with Gasteiger partial charge in [-0.15, -0.1) is 0 Å². The third kappa shape index (κ3) is 11.0. The Labute approximate surface area is 284 Å². The Kier molecular flexibility index (Phi) is 13.3. The standard InChI is InChI=1S/C34H37F5N4O7/c1-47-24-12-8-21(9-13-24)29(20-6-10-22(35)11-7-20)30(43-33(46)48-2)31(44)42-28-5-3-4-27(36)26(28)15-14-25-16-40-23(17-49-25)18-50-32(45)41-19-34(37,38)39/h3-13,23,25,29-30,40H,14-19H2,1-2H3,(H,41,45)(H,42,44)(H,43,46)/t23-,25+,29+,30-/m0/s1. The molecule has 4 rings (SSSR count). The molecule has 16 heteroatoms. The summed E-state index contributed by atoms with van der Waals surface area (Å²) in [6.45, 7) is -1.38. The average molecular weight is 709 g/mol. The number of alkyl carbamates (subject to hydrolysis) is 2. The number of morpholine rings is 1. The molecule has 1 fully saturated rings. The van der Waals surface area contributed by atoms with Crippen LogP contribution in [-0.2, 0) is 25.4 Å². The summed E-state index contributed by atoms with van der Waals surface area (Å²) in [4.78, 5) is 38.0. The summed E-state index contributed by atoms with van der Waals surface area (Å²) in [6, 6.07) is 14.6. The highest BCUT2D eigenvalue weighted by atomic mass is 19.4. The third-order valence-electron chi connectivity index (χ3n) is 7.89. The second kappa shape index (κ2) is 17.6. The largest absolute Gasteiger partial charge is 0.497 e. The highest BCUT2D eigenvalue weighted by Crippen LogP contribution is 2.32. The van der Waals surface area contributed by atoms with Gasteiger partial charge >= 0.3 is 18.4 Å². The molecule has 50 heavy (non-hydrogen) atoms. The molecule has 0 aliphatic carbocycles. The number of amides is 3. The van der Waals surface area contributed by atoms with Crippen LogP contribution in [0.25, 0.3) is 0 Å². The lowest BCUT2D eigenvalue weighted by atomic mass is 9.84. The smallest absolute Gasteiger partial charge is 0.407 e. The van der Waals surface area contributed by atoms with Crippen molar-refractivity contribution in [3.05, 3.63) is 95.1 Å². The second-order valence-electron chi connectivity index (χ2n) is 11.3. The highest BCUT2D eigenvalue weighted by Gasteiger charge is 2.34. The molecule has 4 atom stereocenters. The van der Waals surface area contributed by atoms with Crippen molar-refractivity contribution in [1.82, 2.24) is 16.0 Å². The summed E-state index contributed by atoms with van der Waals surface area (Å²) in [5, 5.41) is 10.0. The lowest BCUT2D eigenvalue weighted by Crippen LogP contribution is -2.49. The summed E-state index contributed by atoms with van der Waals surface area (Å²) >= 11 is 0. The summed E-state index contributed by atoms with van der Waals surface area (Å²) in [6.07, 6.45) is -6.64. The topological polar surface area (TPSA) is 136 Å². The van der Waals surface area contributed by atoms with E-state index in [-0.39, 0.29) is 37.4 Å². The number of carbonyl (C=O) groups excluding carboxylic acids is 3. The van der Waals surface area contributed by atoms with E-state index in [2.05, 4.69) is 16.0 Å². The van der Waals surface area contributed by atoms with E-state index < -0.39 is 66.6 Å². The van der Waals surface area contributed by atoms with Gasteiger partial charge in [0.25, 0.3) is 0 Å². The maximum Gasteiger partial charge on any atom is 0.407 e. The van der Waals surface area contributed by atoms with Crippen LogP contribution in [-0.4, -0.2) is 83.0 Å². The second-order valence-corrected chi connectivity index (χ2v) is 11.3. The number of anilines is 1. The van der Waals surface area contributed by atoms with Crippen LogP contribution in [0.2, 0.25) is 0 Å². The molecule has 0 spiro atoms. The van der Waals surface area contributed by atoms with E-state index in [1.807, 2.05) is 0 Å². The van der Waals surface area contributed by atoms with E-state index in [0.717, 1.165) is 7.11 Å². The van der Waals surface area contributed by atoms with Crippen molar-refractivity contribution < 1.29 is 55.3 Å². The summed E-state index contributed by atoms with van der Waals surface area (Å²) in [5.41, 5.74) is 1.41. The van der Waals surface area contributed by atoms with Crippen LogP contribution in [0.3, 0.4) is 0 Å². The molecular weight excluding hydrogens is 671 g/mol. The van der Waals surface area contributed by atoms with Gasteiger partial charge in [0.15, 0.2) is 0 Å². The number of benzene rings is 3. The van der Waals surface area contributed by atoms with E-state index in [4.69, 9.17) is 18.9 Å². The van der Waals surface area contributed by atoms with Gasteiger partial charge in [-0.25, -0.2) is 18.4 Å². The predicted octanol–water partition coefficient (Wildman–Crippen LogP) is 5.05. The van der Waals surface area contributed by atoms with E-state index in [0.29, 0.717) is 23.3 Å². The highest BCUT2D eigenvalue weighted by molar-refractivity contribution is 5.98. The third-order valence-corrected chi connectivity index (χ3v) is 7.89. The number of ether oxygens (including phenoxy) is 4. The molecule has 3 aromatic rings. The monoisotopic (exact) mass is 708 g/mol. The van der Waals surface area contributed by atoms with Crippen LogP contribution < -0.4 is 26.0 Å². The van der Waals surface area contributed by atoms with Crippen molar-refractivity contribution in [2.45, 2.75) is 43.1 Å². The van der Waals surface area contributed by atoms with Crippen LogP contribution in [0.15, 0.2) is 66.7 Å². The number of hydrogen-bond donors (Lipinski definition) is 4. The predicted molar refractivity (Wildman–Crippen MR) is 171 cm³/mol. The molecular formula is C34H37F5N4O7. The first kappa shape index (κ1) is 37.9. The van der Waals surface area contributed by atoms with Crippen LogP contribution >= 0.6 is 0 Å². The first-order valence-electron chi connectivity index (χ1n) is 15.5. The van der Waals surface area contributed by atoms with Gasteiger partial charge in [0.1, 0.15) is 36.6 Å². The zero-order valence-electron chi connectivity index (χ0n) is 27.2. The first-order valence-corrected chi connectivity index (χ1v) is 15.5. The van der Waals surface area contributed by atoms with E-state index >= 15 is 4.39 Å². The Morgan fingerprint density at radius 3 is 2.24 bits per heavy atom. The number of methoxy groups -OCH3 is 2. The number of carbonyl (C=O) groups is 3. The number of hydrogen-bond acceptors (Lipinski definition) is 8. The normalized spacial score (nSPS) is 17.2. The molecule has 1 heterocycles. The van der Waals surface area contributed by atoms with Gasteiger partial charge in [-0.05, 0) is 60.4 Å². The zero-order valence-corrected chi connectivity index (χ0v) is 27.2. The maximum atomic E-state index is 15.2.